The molecule has 0 radical (unpaired) electrons. The van der Waals surface area contributed by atoms with Crippen LogP contribution in [0.15, 0.2) is 47.4 Å². The maximum absolute atomic E-state index is 13.6. The standard InChI is InChI=1S/C15H14FIO4S/c1-11-8-12(20-7-6-17)10-13(9-11)21-22(18,19)15-5-3-2-4-14(15)16/h2-5,8-10H,6-7H2,1H3. The summed E-state index contributed by atoms with van der Waals surface area (Å²) in [5.41, 5.74) is 0.782. The Labute approximate surface area is 142 Å². The molecule has 7 heteroatoms. The largest absolute Gasteiger partial charge is 0.493 e. The summed E-state index contributed by atoms with van der Waals surface area (Å²) < 4.78 is 49.2. The van der Waals surface area contributed by atoms with Crippen LogP contribution in [0.3, 0.4) is 0 Å². The fourth-order valence-electron chi connectivity index (χ4n) is 1.82. The van der Waals surface area contributed by atoms with E-state index in [-0.39, 0.29) is 5.75 Å². The Morgan fingerprint density at radius 3 is 2.50 bits per heavy atom. The first-order chi connectivity index (χ1) is 10.4. The van der Waals surface area contributed by atoms with Gasteiger partial charge in [-0.1, -0.05) is 34.7 Å². The highest BCUT2D eigenvalue weighted by Crippen LogP contribution is 2.26. The van der Waals surface area contributed by atoms with Crippen LogP contribution in [0, 0.1) is 12.7 Å². The van der Waals surface area contributed by atoms with E-state index < -0.39 is 20.8 Å². The van der Waals surface area contributed by atoms with E-state index in [2.05, 4.69) is 22.6 Å². The smallest absolute Gasteiger partial charge is 0.342 e. The Bertz CT molecular complexity index is 762. The molecule has 118 valence electrons. The zero-order valence-electron chi connectivity index (χ0n) is 11.8. The lowest BCUT2D eigenvalue weighted by Crippen LogP contribution is -2.11. The summed E-state index contributed by atoms with van der Waals surface area (Å²) >= 11 is 2.17. The molecule has 0 fully saturated rings. The van der Waals surface area contributed by atoms with Crippen molar-refractivity contribution < 1.29 is 21.7 Å². The summed E-state index contributed by atoms with van der Waals surface area (Å²) in [6.45, 7) is 2.29. The van der Waals surface area contributed by atoms with Crippen LogP contribution in [-0.2, 0) is 10.1 Å². The van der Waals surface area contributed by atoms with Crippen LogP contribution in [0.2, 0.25) is 0 Å². The van der Waals surface area contributed by atoms with Gasteiger partial charge in [0.1, 0.15) is 22.2 Å². The van der Waals surface area contributed by atoms with E-state index in [1.807, 2.05) is 0 Å². The van der Waals surface area contributed by atoms with Gasteiger partial charge in [0.2, 0.25) is 0 Å². The number of hydrogen-bond acceptors (Lipinski definition) is 4. The monoisotopic (exact) mass is 436 g/mol. The Kier molecular flexibility index (Phi) is 5.63. The Morgan fingerprint density at radius 2 is 1.82 bits per heavy atom. The van der Waals surface area contributed by atoms with E-state index in [1.54, 1.807) is 19.1 Å². The fraction of sp³-hybridized carbons (Fsp3) is 0.200. The van der Waals surface area contributed by atoms with Gasteiger partial charge in [-0.15, -0.1) is 0 Å². The van der Waals surface area contributed by atoms with Crippen LogP contribution < -0.4 is 8.92 Å². The van der Waals surface area contributed by atoms with E-state index in [0.29, 0.717) is 12.4 Å². The van der Waals surface area contributed by atoms with Crippen LogP contribution in [0.4, 0.5) is 4.39 Å². The molecule has 2 aromatic carbocycles. The highest BCUT2D eigenvalue weighted by Gasteiger charge is 2.21. The number of aryl methyl sites for hydroxylation is 1. The molecule has 0 spiro atoms. The number of ether oxygens (including phenoxy) is 1. The first kappa shape index (κ1) is 17.0. The van der Waals surface area contributed by atoms with Gasteiger partial charge in [0.25, 0.3) is 0 Å². The molecule has 0 amide bonds. The molecule has 0 saturated heterocycles. The maximum atomic E-state index is 13.6. The SMILES string of the molecule is Cc1cc(OCCI)cc(OS(=O)(=O)c2ccccc2F)c1. The van der Waals surface area contributed by atoms with E-state index in [1.165, 1.54) is 18.2 Å². The van der Waals surface area contributed by atoms with E-state index in [9.17, 15) is 12.8 Å². The predicted molar refractivity (Wildman–Crippen MR) is 89.8 cm³/mol. The topological polar surface area (TPSA) is 52.6 Å². The first-order valence-corrected chi connectivity index (χ1v) is 9.35. The van der Waals surface area contributed by atoms with Crippen molar-refractivity contribution >= 4 is 32.7 Å². The fourth-order valence-corrected chi connectivity index (χ4v) is 3.03. The van der Waals surface area contributed by atoms with Gasteiger partial charge in [-0.25, -0.2) is 4.39 Å². The predicted octanol–water partition coefficient (Wildman–Crippen LogP) is 3.72. The molecule has 22 heavy (non-hydrogen) atoms. The molecule has 0 N–H and O–H groups in total. The number of rotatable bonds is 6. The van der Waals surface area contributed by atoms with Gasteiger partial charge in [-0.2, -0.15) is 8.42 Å². The molecular weight excluding hydrogens is 422 g/mol. The number of hydrogen-bond donors (Lipinski definition) is 0. The van der Waals surface area contributed by atoms with Gasteiger partial charge in [0.15, 0.2) is 0 Å². The van der Waals surface area contributed by atoms with E-state index in [4.69, 9.17) is 8.92 Å². The van der Waals surface area contributed by atoms with Crippen LogP contribution in [0.1, 0.15) is 5.56 Å². The number of halogens is 2. The van der Waals surface area contributed by atoms with Gasteiger partial charge >= 0.3 is 10.1 Å². The van der Waals surface area contributed by atoms with Gasteiger partial charge < -0.3 is 8.92 Å². The summed E-state index contributed by atoms with van der Waals surface area (Å²) in [4.78, 5) is -0.494. The van der Waals surface area contributed by atoms with Crippen molar-refractivity contribution in [2.45, 2.75) is 11.8 Å². The summed E-state index contributed by atoms with van der Waals surface area (Å²) in [5, 5.41) is 0. The number of benzene rings is 2. The molecule has 0 aliphatic rings. The van der Waals surface area contributed by atoms with Gasteiger partial charge in [-0.3, -0.25) is 0 Å². The Hall–Kier alpha value is -1.35. The molecule has 0 aliphatic carbocycles. The van der Waals surface area contributed by atoms with Crippen molar-refractivity contribution in [2.24, 2.45) is 0 Å². The zero-order chi connectivity index (χ0) is 16.2. The van der Waals surface area contributed by atoms with Crippen LogP contribution in [0.25, 0.3) is 0 Å². The number of alkyl halides is 1. The summed E-state index contributed by atoms with van der Waals surface area (Å²) in [6.07, 6.45) is 0. The third kappa shape index (κ3) is 4.33. The van der Waals surface area contributed by atoms with Gasteiger partial charge in [-0.05, 0) is 36.8 Å². The minimum Gasteiger partial charge on any atom is -0.493 e. The second kappa shape index (κ2) is 7.28. The minimum absolute atomic E-state index is 0.0895. The molecule has 4 nitrogen and oxygen atoms in total. The molecule has 2 rings (SSSR count). The maximum Gasteiger partial charge on any atom is 0.342 e. The first-order valence-electron chi connectivity index (χ1n) is 6.42. The molecule has 2 aromatic rings. The lowest BCUT2D eigenvalue weighted by atomic mass is 10.2. The lowest BCUT2D eigenvalue weighted by molar-refractivity contribution is 0.345. The van der Waals surface area contributed by atoms with Crippen LogP contribution >= 0.6 is 22.6 Å². The second-order valence-corrected chi connectivity index (χ2v) is 7.08. The van der Waals surface area contributed by atoms with Crippen molar-refractivity contribution in [3.05, 3.63) is 53.8 Å². The molecule has 0 unspecified atom stereocenters. The van der Waals surface area contributed by atoms with E-state index in [0.717, 1.165) is 22.1 Å². The summed E-state index contributed by atoms with van der Waals surface area (Å²) in [6, 6.07) is 9.87. The highest BCUT2D eigenvalue weighted by atomic mass is 127. The molecule has 0 aromatic heterocycles. The molecule has 0 heterocycles. The third-order valence-electron chi connectivity index (χ3n) is 2.68. The normalized spacial score (nSPS) is 11.2. The van der Waals surface area contributed by atoms with Gasteiger partial charge in [0, 0.05) is 10.5 Å². The quantitative estimate of drug-likeness (QED) is 0.394. The van der Waals surface area contributed by atoms with Crippen LogP contribution in [0.5, 0.6) is 11.5 Å². The highest BCUT2D eigenvalue weighted by molar-refractivity contribution is 14.1. The second-order valence-electron chi connectivity index (χ2n) is 4.49. The lowest BCUT2D eigenvalue weighted by Gasteiger charge is -2.11. The zero-order valence-corrected chi connectivity index (χ0v) is 14.7. The minimum atomic E-state index is -4.23. The Balaban J connectivity index is 2.30. The van der Waals surface area contributed by atoms with Crippen molar-refractivity contribution in [1.29, 1.82) is 0 Å². The van der Waals surface area contributed by atoms with Crippen molar-refractivity contribution in [3.63, 3.8) is 0 Å². The van der Waals surface area contributed by atoms with E-state index >= 15 is 0 Å². The average Bonchev–Trinajstić information content (AvgIpc) is 2.44. The molecule has 0 aliphatic heterocycles. The average molecular weight is 436 g/mol. The molecule has 0 bridgehead atoms. The molecule has 0 atom stereocenters. The summed E-state index contributed by atoms with van der Waals surface area (Å²) in [7, 11) is -4.23. The van der Waals surface area contributed by atoms with Crippen molar-refractivity contribution in [1.82, 2.24) is 0 Å². The summed E-state index contributed by atoms with van der Waals surface area (Å²) in [5.74, 6) is -0.251. The van der Waals surface area contributed by atoms with Crippen molar-refractivity contribution in [2.75, 3.05) is 11.0 Å². The van der Waals surface area contributed by atoms with Gasteiger partial charge in [0.05, 0.1) is 6.61 Å². The van der Waals surface area contributed by atoms with Crippen molar-refractivity contribution in [3.8, 4) is 11.5 Å². The Morgan fingerprint density at radius 1 is 1.14 bits per heavy atom. The molecular formula is C15H14FIO4S. The third-order valence-corrected chi connectivity index (χ3v) is 4.40. The molecule has 0 saturated carbocycles. The van der Waals surface area contributed by atoms with Crippen LogP contribution in [-0.4, -0.2) is 19.5 Å².